The van der Waals surface area contributed by atoms with Crippen LogP contribution < -0.4 is 0 Å². The van der Waals surface area contributed by atoms with Crippen molar-refractivity contribution >= 4 is 23.4 Å². The van der Waals surface area contributed by atoms with Gasteiger partial charge in [-0.15, -0.1) is 11.8 Å². The first-order valence-corrected chi connectivity index (χ1v) is 7.25. The van der Waals surface area contributed by atoms with Crippen LogP contribution in [0.5, 0.6) is 0 Å². The average Bonchev–Trinajstić information content (AvgIpc) is 2.45. The summed E-state index contributed by atoms with van der Waals surface area (Å²) in [6.45, 7) is 0. The number of alkyl halides is 3. The van der Waals surface area contributed by atoms with Gasteiger partial charge in [0.2, 0.25) is 0 Å². The molecule has 6 heteroatoms. The molecule has 0 bridgehead atoms. The predicted molar refractivity (Wildman–Crippen MR) is 77.2 cm³/mol. The molecule has 0 unspecified atom stereocenters. The summed E-state index contributed by atoms with van der Waals surface area (Å²) < 4.78 is 38.5. The first-order chi connectivity index (χ1) is 9.90. The van der Waals surface area contributed by atoms with Gasteiger partial charge in [-0.3, -0.25) is 0 Å². The Hall–Kier alpha value is -1.64. The molecule has 0 aromatic heterocycles. The molecule has 0 aliphatic carbocycles. The molecule has 0 aliphatic rings. The minimum Gasteiger partial charge on any atom is -0.192 e. The van der Waals surface area contributed by atoms with Crippen LogP contribution >= 0.6 is 23.4 Å². The Balaban J connectivity index is 2.18. The summed E-state index contributed by atoms with van der Waals surface area (Å²) in [5.41, 5.74) is -0.299. The fourth-order valence-electron chi connectivity index (χ4n) is 1.69. The van der Waals surface area contributed by atoms with E-state index in [0.717, 1.165) is 11.6 Å². The highest BCUT2D eigenvalue weighted by Gasteiger charge is 2.33. The van der Waals surface area contributed by atoms with Crippen molar-refractivity contribution in [3.05, 3.63) is 64.2 Å². The van der Waals surface area contributed by atoms with Gasteiger partial charge in [0.05, 0.1) is 17.2 Å². The van der Waals surface area contributed by atoms with E-state index >= 15 is 0 Å². The third-order valence-electron chi connectivity index (χ3n) is 2.74. The lowest BCUT2D eigenvalue weighted by Gasteiger charge is -2.10. The Morgan fingerprint density at radius 1 is 1.10 bits per heavy atom. The summed E-state index contributed by atoms with van der Waals surface area (Å²) in [6.07, 6.45) is -4.53. The molecule has 108 valence electrons. The van der Waals surface area contributed by atoms with Crippen LogP contribution in [-0.2, 0) is 11.9 Å². The molecule has 2 aromatic carbocycles. The predicted octanol–water partition coefficient (Wildman–Crippen LogP) is 5.52. The van der Waals surface area contributed by atoms with E-state index < -0.39 is 11.7 Å². The van der Waals surface area contributed by atoms with Gasteiger partial charge in [0, 0.05) is 15.7 Å². The molecule has 21 heavy (non-hydrogen) atoms. The second kappa shape index (κ2) is 6.42. The summed E-state index contributed by atoms with van der Waals surface area (Å²) in [4.78, 5) is 0.469. The molecule has 0 saturated heterocycles. The Morgan fingerprint density at radius 2 is 1.76 bits per heavy atom. The number of halogens is 4. The molecule has 0 radical (unpaired) electrons. The Kier molecular flexibility index (Phi) is 4.81. The van der Waals surface area contributed by atoms with Gasteiger partial charge in [-0.1, -0.05) is 23.7 Å². The van der Waals surface area contributed by atoms with Gasteiger partial charge >= 0.3 is 6.18 Å². The van der Waals surface area contributed by atoms with Crippen molar-refractivity contribution in [2.45, 2.75) is 16.8 Å². The van der Waals surface area contributed by atoms with Crippen molar-refractivity contribution in [1.29, 1.82) is 5.26 Å². The fourth-order valence-corrected chi connectivity index (χ4v) is 2.71. The number of nitriles is 1. The van der Waals surface area contributed by atoms with Gasteiger partial charge in [0.25, 0.3) is 0 Å². The Bertz CT molecular complexity index is 675. The van der Waals surface area contributed by atoms with Crippen molar-refractivity contribution in [1.82, 2.24) is 0 Å². The van der Waals surface area contributed by atoms with E-state index in [1.165, 1.54) is 23.9 Å². The highest BCUT2D eigenvalue weighted by atomic mass is 35.5. The van der Waals surface area contributed by atoms with Crippen LogP contribution in [0.1, 0.15) is 16.7 Å². The van der Waals surface area contributed by atoms with E-state index in [-0.39, 0.29) is 5.56 Å². The van der Waals surface area contributed by atoms with Crippen LogP contribution in [-0.4, -0.2) is 0 Å². The molecule has 0 fully saturated rings. The van der Waals surface area contributed by atoms with Crippen molar-refractivity contribution in [3.8, 4) is 6.07 Å². The van der Waals surface area contributed by atoms with Crippen LogP contribution in [0.4, 0.5) is 13.2 Å². The molecule has 2 rings (SSSR count). The third-order valence-corrected chi connectivity index (χ3v) is 4.05. The second-order valence-corrected chi connectivity index (χ2v) is 5.72. The number of thioether (sulfide) groups is 1. The molecule has 0 amide bonds. The standard InChI is InChI=1S/C15H9ClF3NS/c16-12-4-1-10(2-5-12)9-21-13-6-3-11(8-20)14(7-13)15(17,18)19/h1-7H,9H2. The Morgan fingerprint density at radius 3 is 2.33 bits per heavy atom. The first kappa shape index (κ1) is 15.7. The molecular formula is C15H9ClF3NS. The molecule has 0 saturated carbocycles. The number of hydrogen-bond donors (Lipinski definition) is 0. The van der Waals surface area contributed by atoms with Crippen LogP contribution in [0, 0.1) is 11.3 Å². The molecule has 0 aliphatic heterocycles. The molecule has 1 nitrogen and oxygen atoms in total. The van der Waals surface area contributed by atoms with Gasteiger partial charge in [-0.25, -0.2) is 0 Å². The number of hydrogen-bond acceptors (Lipinski definition) is 2. The fraction of sp³-hybridized carbons (Fsp3) is 0.133. The van der Waals surface area contributed by atoms with Crippen molar-refractivity contribution in [2.24, 2.45) is 0 Å². The topological polar surface area (TPSA) is 23.8 Å². The van der Waals surface area contributed by atoms with E-state index in [4.69, 9.17) is 16.9 Å². The lowest BCUT2D eigenvalue weighted by atomic mass is 10.1. The maximum absolute atomic E-state index is 12.8. The van der Waals surface area contributed by atoms with E-state index in [9.17, 15) is 13.2 Å². The largest absolute Gasteiger partial charge is 0.417 e. The van der Waals surface area contributed by atoms with E-state index in [1.807, 2.05) is 12.1 Å². The molecule has 0 heterocycles. The number of benzene rings is 2. The van der Waals surface area contributed by atoms with Crippen LogP contribution in [0.3, 0.4) is 0 Å². The second-order valence-electron chi connectivity index (χ2n) is 4.23. The van der Waals surface area contributed by atoms with Gasteiger partial charge < -0.3 is 0 Å². The summed E-state index contributed by atoms with van der Waals surface area (Å²) in [5, 5.41) is 9.35. The lowest BCUT2D eigenvalue weighted by molar-refractivity contribution is -0.137. The van der Waals surface area contributed by atoms with E-state index in [0.29, 0.717) is 15.7 Å². The van der Waals surface area contributed by atoms with Crippen molar-refractivity contribution < 1.29 is 13.2 Å². The van der Waals surface area contributed by atoms with Gasteiger partial charge in [0.1, 0.15) is 0 Å². The molecule has 0 spiro atoms. The van der Waals surface area contributed by atoms with Crippen LogP contribution in [0.25, 0.3) is 0 Å². The quantitative estimate of drug-likeness (QED) is 0.693. The van der Waals surface area contributed by atoms with Gasteiger partial charge in [0.15, 0.2) is 0 Å². The van der Waals surface area contributed by atoms with Crippen molar-refractivity contribution in [2.75, 3.05) is 0 Å². The smallest absolute Gasteiger partial charge is 0.192 e. The minimum atomic E-state index is -4.53. The lowest BCUT2D eigenvalue weighted by Crippen LogP contribution is -2.07. The zero-order valence-corrected chi connectivity index (χ0v) is 12.2. The van der Waals surface area contributed by atoms with E-state index in [2.05, 4.69) is 0 Å². The average molecular weight is 328 g/mol. The van der Waals surface area contributed by atoms with E-state index in [1.54, 1.807) is 18.2 Å². The SMILES string of the molecule is N#Cc1ccc(SCc2ccc(Cl)cc2)cc1C(F)(F)F. The summed E-state index contributed by atoms with van der Waals surface area (Å²) in [6, 6.07) is 12.4. The molecular weight excluding hydrogens is 319 g/mol. The molecule has 0 N–H and O–H groups in total. The number of rotatable bonds is 3. The number of nitrogens with zero attached hydrogens (tertiary/aromatic N) is 1. The highest BCUT2D eigenvalue weighted by molar-refractivity contribution is 7.98. The monoisotopic (exact) mass is 327 g/mol. The zero-order valence-electron chi connectivity index (χ0n) is 10.6. The minimum absolute atomic E-state index is 0.363. The summed E-state index contributed by atoms with van der Waals surface area (Å²) in [5.74, 6) is 0.528. The zero-order chi connectivity index (χ0) is 15.5. The summed E-state index contributed by atoms with van der Waals surface area (Å²) >= 11 is 7.05. The van der Waals surface area contributed by atoms with Gasteiger partial charge in [-0.2, -0.15) is 18.4 Å². The maximum Gasteiger partial charge on any atom is 0.417 e. The van der Waals surface area contributed by atoms with Crippen molar-refractivity contribution in [3.63, 3.8) is 0 Å². The third kappa shape index (κ3) is 4.16. The highest BCUT2D eigenvalue weighted by Crippen LogP contribution is 2.35. The molecule has 2 aromatic rings. The van der Waals surface area contributed by atoms with Crippen LogP contribution in [0.2, 0.25) is 5.02 Å². The Labute approximate surface area is 129 Å². The summed E-state index contributed by atoms with van der Waals surface area (Å²) in [7, 11) is 0. The maximum atomic E-state index is 12.8. The van der Waals surface area contributed by atoms with Crippen LogP contribution in [0.15, 0.2) is 47.4 Å². The van der Waals surface area contributed by atoms with Gasteiger partial charge in [-0.05, 0) is 35.9 Å². The normalized spacial score (nSPS) is 11.2. The first-order valence-electron chi connectivity index (χ1n) is 5.89. The molecule has 0 atom stereocenters.